The van der Waals surface area contributed by atoms with E-state index in [2.05, 4.69) is 17.2 Å². The second-order valence-corrected chi connectivity index (χ2v) is 4.65. The molecule has 0 aromatic carbocycles. The molecule has 1 saturated carbocycles. The number of aromatic nitrogens is 1. The quantitative estimate of drug-likeness (QED) is 0.670. The smallest absolute Gasteiger partial charge is 0.0187 e. The van der Waals surface area contributed by atoms with Crippen LogP contribution in [0.5, 0.6) is 0 Å². The van der Waals surface area contributed by atoms with E-state index < -0.39 is 0 Å². The van der Waals surface area contributed by atoms with E-state index in [4.69, 9.17) is 5.73 Å². The van der Waals surface area contributed by atoms with Gasteiger partial charge < -0.3 is 10.7 Å². The molecule has 3 N–H and O–H groups in total. The van der Waals surface area contributed by atoms with Gasteiger partial charge in [-0.1, -0.05) is 0 Å². The van der Waals surface area contributed by atoms with Gasteiger partial charge in [0.2, 0.25) is 0 Å². The van der Waals surface area contributed by atoms with Gasteiger partial charge in [-0.3, -0.25) is 0 Å². The number of H-pyrrole nitrogens is 1. The van der Waals surface area contributed by atoms with Crippen molar-refractivity contribution in [2.75, 3.05) is 0 Å². The SMILES string of the molecule is NC1(C2CCc3[nH]ccc3C2)CC1. The normalized spacial score (nSPS) is 29.8. The van der Waals surface area contributed by atoms with Gasteiger partial charge in [-0.25, -0.2) is 0 Å². The van der Waals surface area contributed by atoms with E-state index in [-0.39, 0.29) is 5.54 Å². The summed E-state index contributed by atoms with van der Waals surface area (Å²) in [4.78, 5) is 3.31. The molecule has 1 unspecified atom stereocenters. The minimum Gasteiger partial charge on any atom is -0.365 e. The lowest BCUT2D eigenvalue weighted by atomic mass is 9.81. The molecule has 3 rings (SSSR count). The summed E-state index contributed by atoms with van der Waals surface area (Å²) in [6.45, 7) is 0. The number of hydrogen-bond donors (Lipinski definition) is 2. The number of rotatable bonds is 1. The first-order valence-electron chi connectivity index (χ1n) is 5.22. The molecule has 1 aromatic rings. The monoisotopic (exact) mass is 176 g/mol. The Labute approximate surface area is 78.5 Å². The lowest BCUT2D eigenvalue weighted by Crippen LogP contribution is -2.35. The second-order valence-electron chi connectivity index (χ2n) is 4.65. The highest BCUT2D eigenvalue weighted by Crippen LogP contribution is 2.45. The molecular formula is C11H16N2. The molecule has 0 saturated heterocycles. The van der Waals surface area contributed by atoms with Gasteiger partial charge >= 0.3 is 0 Å². The molecule has 0 aliphatic heterocycles. The molecule has 2 nitrogen and oxygen atoms in total. The van der Waals surface area contributed by atoms with E-state index in [1.165, 1.54) is 43.4 Å². The Morgan fingerprint density at radius 2 is 2.31 bits per heavy atom. The van der Waals surface area contributed by atoms with Crippen LogP contribution in [-0.2, 0) is 12.8 Å². The number of aryl methyl sites for hydroxylation is 1. The van der Waals surface area contributed by atoms with Crippen LogP contribution >= 0.6 is 0 Å². The molecule has 2 heteroatoms. The summed E-state index contributed by atoms with van der Waals surface area (Å²) >= 11 is 0. The molecule has 2 aliphatic rings. The van der Waals surface area contributed by atoms with E-state index in [1.54, 1.807) is 0 Å². The van der Waals surface area contributed by atoms with Crippen LogP contribution < -0.4 is 5.73 Å². The highest BCUT2D eigenvalue weighted by molar-refractivity contribution is 5.26. The van der Waals surface area contributed by atoms with E-state index >= 15 is 0 Å². The highest BCUT2D eigenvalue weighted by Gasteiger charge is 2.46. The summed E-state index contributed by atoms with van der Waals surface area (Å²) in [5, 5.41) is 0. The van der Waals surface area contributed by atoms with Crippen LogP contribution in [0.3, 0.4) is 0 Å². The van der Waals surface area contributed by atoms with Crippen molar-refractivity contribution in [3.8, 4) is 0 Å². The molecule has 0 amide bonds. The van der Waals surface area contributed by atoms with Crippen LogP contribution in [0.25, 0.3) is 0 Å². The molecule has 1 atom stereocenters. The Morgan fingerprint density at radius 1 is 1.46 bits per heavy atom. The van der Waals surface area contributed by atoms with Crippen molar-refractivity contribution in [2.45, 2.75) is 37.6 Å². The zero-order valence-corrected chi connectivity index (χ0v) is 7.84. The first kappa shape index (κ1) is 7.63. The van der Waals surface area contributed by atoms with Gasteiger partial charge in [0.25, 0.3) is 0 Å². The molecule has 1 fully saturated rings. The fourth-order valence-corrected chi connectivity index (χ4v) is 2.59. The standard InChI is InChI=1S/C11H16N2/c12-11(4-5-11)9-1-2-10-8(7-9)3-6-13-10/h3,6,9,13H,1-2,4-5,7,12H2. The average Bonchev–Trinajstić information content (AvgIpc) is 2.74. The largest absolute Gasteiger partial charge is 0.365 e. The van der Waals surface area contributed by atoms with Gasteiger partial charge in [-0.2, -0.15) is 0 Å². The van der Waals surface area contributed by atoms with Gasteiger partial charge in [0.15, 0.2) is 0 Å². The minimum absolute atomic E-state index is 0.217. The summed E-state index contributed by atoms with van der Waals surface area (Å²) < 4.78 is 0. The van der Waals surface area contributed by atoms with Gasteiger partial charge in [0, 0.05) is 17.4 Å². The number of nitrogens with one attached hydrogen (secondary N) is 1. The van der Waals surface area contributed by atoms with Crippen LogP contribution in [-0.4, -0.2) is 10.5 Å². The van der Waals surface area contributed by atoms with Crippen molar-refractivity contribution < 1.29 is 0 Å². The van der Waals surface area contributed by atoms with Crippen LogP contribution in [0.1, 0.15) is 30.5 Å². The lowest BCUT2D eigenvalue weighted by Gasteiger charge is -2.27. The highest BCUT2D eigenvalue weighted by atomic mass is 14.8. The zero-order valence-electron chi connectivity index (χ0n) is 7.84. The summed E-state index contributed by atoms with van der Waals surface area (Å²) in [7, 11) is 0. The van der Waals surface area contributed by atoms with Crippen molar-refractivity contribution in [1.29, 1.82) is 0 Å². The average molecular weight is 176 g/mol. The Bertz CT molecular complexity index is 323. The van der Waals surface area contributed by atoms with E-state index in [1.807, 2.05) is 0 Å². The molecule has 0 radical (unpaired) electrons. The summed E-state index contributed by atoms with van der Waals surface area (Å²) in [5.74, 6) is 0.746. The molecule has 13 heavy (non-hydrogen) atoms. The van der Waals surface area contributed by atoms with Gasteiger partial charge in [-0.05, 0) is 49.7 Å². The topological polar surface area (TPSA) is 41.8 Å². The predicted octanol–water partition coefficient (Wildman–Crippen LogP) is 1.61. The van der Waals surface area contributed by atoms with Gasteiger partial charge in [-0.15, -0.1) is 0 Å². The molecule has 0 bridgehead atoms. The molecule has 0 spiro atoms. The fourth-order valence-electron chi connectivity index (χ4n) is 2.59. The lowest BCUT2D eigenvalue weighted by molar-refractivity contribution is 0.357. The first-order valence-corrected chi connectivity index (χ1v) is 5.22. The van der Waals surface area contributed by atoms with E-state index in [9.17, 15) is 0 Å². The van der Waals surface area contributed by atoms with Crippen molar-refractivity contribution in [1.82, 2.24) is 4.98 Å². The van der Waals surface area contributed by atoms with Crippen molar-refractivity contribution in [3.05, 3.63) is 23.5 Å². The molecule has 70 valence electrons. The van der Waals surface area contributed by atoms with Gasteiger partial charge in [0.05, 0.1) is 0 Å². The zero-order chi connectivity index (χ0) is 8.89. The predicted molar refractivity (Wildman–Crippen MR) is 52.5 cm³/mol. The molecule has 1 heterocycles. The fraction of sp³-hybridized carbons (Fsp3) is 0.636. The van der Waals surface area contributed by atoms with Crippen LogP contribution in [0.15, 0.2) is 12.3 Å². The first-order chi connectivity index (χ1) is 6.28. The maximum atomic E-state index is 6.24. The maximum Gasteiger partial charge on any atom is 0.0187 e. The number of nitrogens with two attached hydrogens (primary N) is 1. The number of aromatic amines is 1. The molecular weight excluding hydrogens is 160 g/mol. The second kappa shape index (κ2) is 2.38. The van der Waals surface area contributed by atoms with Crippen molar-refractivity contribution >= 4 is 0 Å². The van der Waals surface area contributed by atoms with E-state index in [0.29, 0.717) is 0 Å². The third-order valence-electron chi connectivity index (χ3n) is 3.78. The van der Waals surface area contributed by atoms with Crippen LogP contribution in [0.4, 0.5) is 0 Å². The number of hydrogen-bond acceptors (Lipinski definition) is 1. The minimum atomic E-state index is 0.217. The van der Waals surface area contributed by atoms with Crippen molar-refractivity contribution in [3.63, 3.8) is 0 Å². The van der Waals surface area contributed by atoms with E-state index in [0.717, 1.165) is 5.92 Å². The third kappa shape index (κ3) is 1.12. The summed E-state index contributed by atoms with van der Waals surface area (Å²) in [5.41, 5.74) is 9.41. The Hall–Kier alpha value is -0.760. The molecule has 2 aliphatic carbocycles. The molecule has 1 aromatic heterocycles. The Kier molecular flexibility index (Phi) is 1.40. The summed E-state index contributed by atoms with van der Waals surface area (Å²) in [6.07, 6.45) is 8.24. The third-order valence-corrected chi connectivity index (χ3v) is 3.78. The summed E-state index contributed by atoms with van der Waals surface area (Å²) in [6, 6.07) is 2.22. The Balaban J connectivity index is 1.84. The maximum absolute atomic E-state index is 6.24. The van der Waals surface area contributed by atoms with Gasteiger partial charge in [0.1, 0.15) is 0 Å². The van der Waals surface area contributed by atoms with Crippen LogP contribution in [0, 0.1) is 5.92 Å². The Morgan fingerprint density at radius 3 is 3.08 bits per heavy atom. The number of fused-ring (bicyclic) bond motifs is 1. The van der Waals surface area contributed by atoms with Crippen LogP contribution in [0.2, 0.25) is 0 Å². The van der Waals surface area contributed by atoms with Crippen molar-refractivity contribution in [2.24, 2.45) is 11.7 Å².